The molecule has 0 spiro atoms. The van der Waals surface area contributed by atoms with Crippen molar-refractivity contribution in [2.24, 2.45) is 10.7 Å². The van der Waals surface area contributed by atoms with Gasteiger partial charge in [-0.3, -0.25) is 0 Å². The van der Waals surface area contributed by atoms with Crippen LogP contribution in [-0.4, -0.2) is 35.2 Å². The fraction of sp³-hybridized carbons (Fsp3) is 0.571. The molecule has 2 heterocycles. The molecule has 0 aliphatic carbocycles. The monoisotopic (exact) mass is 262 g/mol. The Morgan fingerprint density at radius 2 is 2.05 bits per heavy atom. The van der Waals surface area contributed by atoms with E-state index in [4.69, 9.17) is 5.73 Å². The number of amidine groups is 1. The number of piperidine rings is 1. The summed E-state index contributed by atoms with van der Waals surface area (Å²) in [6, 6.07) is 3.86. The second-order valence-corrected chi connectivity index (χ2v) is 5.02. The summed E-state index contributed by atoms with van der Waals surface area (Å²) in [5, 5.41) is 9.34. The van der Waals surface area contributed by atoms with Crippen LogP contribution >= 0.6 is 0 Å². The molecule has 104 valence electrons. The predicted molar refractivity (Wildman–Crippen MR) is 77.4 cm³/mol. The molecule has 0 amide bonds. The van der Waals surface area contributed by atoms with Crippen LogP contribution in [0.1, 0.15) is 37.4 Å². The van der Waals surface area contributed by atoms with Crippen LogP contribution in [0.15, 0.2) is 17.1 Å². The van der Waals surface area contributed by atoms with Gasteiger partial charge in [-0.2, -0.15) is 0 Å². The molecule has 1 unspecified atom stereocenters. The fourth-order valence-electron chi connectivity index (χ4n) is 2.36. The summed E-state index contributed by atoms with van der Waals surface area (Å²) in [5.74, 6) is 1.24. The number of nitrogens with zero attached hydrogens (tertiary/aromatic N) is 3. The number of aliphatic hydroxyl groups is 1. The van der Waals surface area contributed by atoms with Gasteiger partial charge in [0.1, 0.15) is 17.9 Å². The molecule has 3 N–H and O–H groups in total. The third-order valence-electron chi connectivity index (χ3n) is 3.27. The summed E-state index contributed by atoms with van der Waals surface area (Å²) < 4.78 is 0. The zero-order chi connectivity index (χ0) is 13.8. The number of aromatic nitrogens is 1. The Balaban J connectivity index is 2.37. The molecule has 1 aliphatic rings. The van der Waals surface area contributed by atoms with Crippen molar-refractivity contribution in [3.05, 3.63) is 23.4 Å². The molecule has 0 radical (unpaired) electrons. The first-order chi connectivity index (χ1) is 9.08. The van der Waals surface area contributed by atoms with E-state index < -0.39 is 6.23 Å². The van der Waals surface area contributed by atoms with Crippen molar-refractivity contribution in [2.45, 2.75) is 39.3 Å². The van der Waals surface area contributed by atoms with Gasteiger partial charge in [-0.05, 0) is 45.2 Å². The highest BCUT2D eigenvalue weighted by atomic mass is 16.3. The molecular weight excluding hydrogens is 240 g/mol. The molecule has 5 heteroatoms. The highest BCUT2D eigenvalue weighted by Gasteiger charge is 2.18. The lowest BCUT2D eigenvalue weighted by Gasteiger charge is -2.29. The van der Waals surface area contributed by atoms with Crippen LogP contribution in [0.3, 0.4) is 0 Å². The van der Waals surface area contributed by atoms with E-state index in [9.17, 15) is 5.11 Å². The Labute approximate surface area is 114 Å². The molecule has 19 heavy (non-hydrogen) atoms. The van der Waals surface area contributed by atoms with Gasteiger partial charge in [0.25, 0.3) is 0 Å². The molecule has 1 fully saturated rings. The van der Waals surface area contributed by atoms with Crippen molar-refractivity contribution in [2.75, 3.05) is 18.0 Å². The van der Waals surface area contributed by atoms with Gasteiger partial charge in [-0.1, -0.05) is 0 Å². The van der Waals surface area contributed by atoms with Gasteiger partial charge in [0.05, 0.1) is 5.56 Å². The van der Waals surface area contributed by atoms with Crippen LogP contribution in [0.2, 0.25) is 0 Å². The van der Waals surface area contributed by atoms with Gasteiger partial charge in [-0.15, -0.1) is 0 Å². The summed E-state index contributed by atoms with van der Waals surface area (Å²) >= 11 is 0. The van der Waals surface area contributed by atoms with Crippen LogP contribution in [0, 0.1) is 6.92 Å². The van der Waals surface area contributed by atoms with Gasteiger partial charge >= 0.3 is 0 Å². The first-order valence-corrected chi connectivity index (χ1v) is 6.82. The van der Waals surface area contributed by atoms with Crippen molar-refractivity contribution >= 4 is 11.7 Å². The van der Waals surface area contributed by atoms with Crippen molar-refractivity contribution in [1.82, 2.24) is 4.98 Å². The quantitative estimate of drug-likeness (QED) is 0.638. The normalized spacial score (nSPS) is 18.5. The lowest BCUT2D eigenvalue weighted by molar-refractivity contribution is 0.205. The summed E-state index contributed by atoms with van der Waals surface area (Å²) in [7, 11) is 0. The van der Waals surface area contributed by atoms with Crippen molar-refractivity contribution in [1.29, 1.82) is 0 Å². The van der Waals surface area contributed by atoms with E-state index in [2.05, 4.69) is 14.9 Å². The van der Waals surface area contributed by atoms with Crippen LogP contribution in [0.5, 0.6) is 0 Å². The second kappa shape index (κ2) is 6.02. The minimum absolute atomic E-state index is 0.350. The number of aliphatic imine (C=N–C) groups is 1. The third kappa shape index (κ3) is 3.44. The summed E-state index contributed by atoms with van der Waals surface area (Å²) in [6.45, 7) is 5.57. The largest absolute Gasteiger partial charge is 0.383 e. The molecule has 1 atom stereocenters. The molecule has 1 aromatic rings. The lowest BCUT2D eigenvalue weighted by atomic mass is 10.1. The second-order valence-electron chi connectivity index (χ2n) is 5.02. The average molecular weight is 262 g/mol. The van der Waals surface area contributed by atoms with Crippen molar-refractivity contribution in [3.8, 4) is 0 Å². The van der Waals surface area contributed by atoms with E-state index in [0.29, 0.717) is 5.84 Å². The van der Waals surface area contributed by atoms with Gasteiger partial charge in [-0.25, -0.2) is 9.98 Å². The maximum absolute atomic E-state index is 9.34. The van der Waals surface area contributed by atoms with Gasteiger partial charge in [0, 0.05) is 18.8 Å². The van der Waals surface area contributed by atoms with Crippen LogP contribution in [0.4, 0.5) is 5.82 Å². The van der Waals surface area contributed by atoms with Crippen LogP contribution in [0.25, 0.3) is 0 Å². The standard InChI is InChI=1S/C14H22N4O/c1-10-6-7-12(13(15)17-11(2)19)14(16-10)18-8-4-3-5-9-18/h6-7,11,19H,3-5,8-9H2,1-2H3,(H2,15,17). The Hall–Kier alpha value is -1.62. The maximum Gasteiger partial charge on any atom is 0.144 e. The fourth-order valence-corrected chi connectivity index (χ4v) is 2.36. The number of rotatable bonds is 3. The highest BCUT2D eigenvalue weighted by Crippen LogP contribution is 2.22. The molecule has 0 aromatic carbocycles. The molecule has 5 nitrogen and oxygen atoms in total. The molecule has 1 saturated heterocycles. The Kier molecular flexibility index (Phi) is 4.37. The van der Waals surface area contributed by atoms with Crippen LogP contribution < -0.4 is 10.6 Å². The zero-order valence-corrected chi connectivity index (χ0v) is 11.6. The van der Waals surface area contributed by atoms with Crippen LogP contribution in [-0.2, 0) is 0 Å². The van der Waals surface area contributed by atoms with Gasteiger partial charge in [0.15, 0.2) is 0 Å². The lowest BCUT2D eigenvalue weighted by Crippen LogP contribution is -2.33. The topological polar surface area (TPSA) is 74.7 Å². The molecule has 0 bridgehead atoms. The molecule has 1 aliphatic heterocycles. The smallest absolute Gasteiger partial charge is 0.144 e. The Morgan fingerprint density at radius 3 is 2.68 bits per heavy atom. The average Bonchev–Trinajstić information content (AvgIpc) is 2.38. The van der Waals surface area contributed by atoms with E-state index in [0.717, 1.165) is 30.2 Å². The number of hydrogen-bond donors (Lipinski definition) is 2. The number of nitrogens with two attached hydrogens (primary N) is 1. The minimum atomic E-state index is -0.796. The number of anilines is 1. The van der Waals surface area contributed by atoms with Crippen molar-refractivity contribution < 1.29 is 5.11 Å². The van der Waals surface area contributed by atoms with Gasteiger partial charge in [0.2, 0.25) is 0 Å². The first-order valence-electron chi connectivity index (χ1n) is 6.82. The Morgan fingerprint density at radius 1 is 1.37 bits per heavy atom. The van der Waals surface area contributed by atoms with E-state index in [1.54, 1.807) is 6.92 Å². The number of hydrogen-bond acceptors (Lipinski definition) is 4. The highest BCUT2D eigenvalue weighted by molar-refractivity contribution is 6.01. The molecule has 0 saturated carbocycles. The van der Waals surface area contributed by atoms with E-state index in [1.807, 2.05) is 19.1 Å². The summed E-state index contributed by atoms with van der Waals surface area (Å²) in [4.78, 5) is 10.9. The zero-order valence-electron chi connectivity index (χ0n) is 11.6. The number of aryl methyl sites for hydroxylation is 1. The molecule has 1 aromatic heterocycles. The predicted octanol–water partition coefficient (Wildman–Crippen LogP) is 1.42. The number of pyridine rings is 1. The number of aliphatic hydroxyl groups excluding tert-OH is 1. The van der Waals surface area contributed by atoms with E-state index in [1.165, 1.54) is 19.3 Å². The molecule has 2 rings (SSSR count). The third-order valence-corrected chi connectivity index (χ3v) is 3.27. The summed E-state index contributed by atoms with van der Waals surface area (Å²) in [5.41, 5.74) is 7.76. The maximum atomic E-state index is 9.34. The first kappa shape index (κ1) is 13.8. The van der Waals surface area contributed by atoms with E-state index >= 15 is 0 Å². The van der Waals surface area contributed by atoms with Gasteiger partial charge < -0.3 is 15.7 Å². The van der Waals surface area contributed by atoms with Crippen molar-refractivity contribution in [3.63, 3.8) is 0 Å². The Bertz CT molecular complexity index is 465. The molecular formula is C14H22N4O. The summed E-state index contributed by atoms with van der Waals surface area (Å²) in [6.07, 6.45) is 2.84. The van der Waals surface area contributed by atoms with E-state index in [-0.39, 0.29) is 0 Å². The SMILES string of the molecule is Cc1ccc(C(N)=NC(C)O)c(N2CCCCC2)n1. The minimum Gasteiger partial charge on any atom is -0.383 e.